The predicted octanol–water partition coefficient (Wildman–Crippen LogP) is 2.69. The van der Waals surface area contributed by atoms with Gasteiger partial charge in [0.05, 0.1) is 12.6 Å². The van der Waals surface area contributed by atoms with E-state index in [1.165, 1.54) is 10.7 Å². The van der Waals surface area contributed by atoms with Crippen LogP contribution in [0.2, 0.25) is 0 Å². The van der Waals surface area contributed by atoms with Gasteiger partial charge in [0.15, 0.2) is 11.6 Å². The molecule has 0 saturated heterocycles. The fraction of sp³-hybridized carbons (Fsp3) is 0.0769. The fourth-order valence-electron chi connectivity index (χ4n) is 1.88. The summed E-state index contributed by atoms with van der Waals surface area (Å²) in [5.41, 5.74) is 0.569. The second-order valence-corrected chi connectivity index (χ2v) is 3.89. The molecule has 5 nitrogen and oxygen atoms in total. The molecule has 19 heavy (non-hydrogen) atoms. The number of rotatable bonds is 3. The molecule has 2 heterocycles. The van der Waals surface area contributed by atoms with Gasteiger partial charge in [-0.25, -0.2) is 9.67 Å². The van der Waals surface area contributed by atoms with Crippen molar-refractivity contribution in [2.24, 2.45) is 0 Å². The molecule has 0 saturated carbocycles. The first kappa shape index (κ1) is 11.5. The van der Waals surface area contributed by atoms with Crippen molar-refractivity contribution in [2.45, 2.75) is 0 Å². The molecule has 0 amide bonds. The van der Waals surface area contributed by atoms with Crippen LogP contribution in [0.5, 0.6) is 11.5 Å². The van der Waals surface area contributed by atoms with Gasteiger partial charge in [0.1, 0.15) is 5.75 Å². The number of fused-ring (bicyclic) bond motifs is 1. The van der Waals surface area contributed by atoms with Crippen LogP contribution in [-0.2, 0) is 0 Å². The monoisotopic (exact) mass is 259 g/mol. The molecule has 2 aromatic heterocycles. The van der Waals surface area contributed by atoms with Crippen LogP contribution in [0, 0.1) is 0 Å². The van der Waals surface area contributed by atoms with Crippen LogP contribution < -0.4 is 9.68 Å². The summed E-state index contributed by atoms with van der Waals surface area (Å²) in [6, 6.07) is 8.38. The maximum Gasteiger partial charge on any atom is 0.185 e. The average Bonchev–Trinajstić information content (AvgIpc) is 2.99. The number of methoxy groups -OCH3 is 1. The molecule has 0 bridgehead atoms. The van der Waals surface area contributed by atoms with Crippen molar-refractivity contribution in [1.82, 2.24) is 14.8 Å². The van der Waals surface area contributed by atoms with Gasteiger partial charge in [-0.3, -0.25) is 4.94 Å². The standard InChI is InChI=1S/C13H10FN3O2/c1-18-9-3-4-10-11(7-9)16-13(8-12(10)19-14)17-6-2-5-15-17/h2-8H,1H3. The molecular formula is C13H10FN3O2. The smallest absolute Gasteiger partial charge is 0.185 e. The molecule has 0 fully saturated rings. The van der Waals surface area contributed by atoms with Gasteiger partial charge in [-0.15, -0.1) is 0 Å². The summed E-state index contributed by atoms with van der Waals surface area (Å²) < 4.78 is 19.3. The lowest BCUT2D eigenvalue weighted by Gasteiger charge is -2.07. The molecule has 0 aliphatic carbocycles. The highest BCUT2D eigenvalue weighted by Crippen LogP contribution is 2.29. The van der Waals surface area contributed by atoms with E-state index in [0.717, 1.165) is 0 Å². The Bertz CT molecular complexity index is 713. The van der Waals surface area contributed by atoms with Crippen LogP contribution in [0.4, 0.5) is 4.53 Å². The van der Waals surface area contributed by atoms with E-state index < -0.39 is 0 Å². The van der Waals surface area contributed by atoms with Crippen LogP contribution in [0.3, 0.4) is 0 Å². The molecule has 0 aliphatic heterocycles. The van der Waals surface area contributed by atoms with Crippen molar-refractivity contribution in [1.29, 1.82) is 0 Å². The summed E-state index contributed by atoms with van der Waals surface area (Å²) in [5.74, 6) is 1.21. The number of hydrogen-bond donors (Lipinski definition) is 0. The predicted molar refractivity (Wildman–Crippen MR) is 67.2 cm³/mol. The van der Waals surface area contributed by atoms with Gasteiger partial charge in [-0.2, -0.15) is 5.10 Å². The number of pyridine rings is 1. The van der Waals surface area contributed by atoms with Crippen LogP contribution in [0.15, 0.2) is 42.7 Å². The Kier molecular flexibility index (Phi) is 2.75. The Labute approximate surface area is 108 Å². The third-order valence-electron chi connectivity index (χ3n) is 2.79. The van der Waals surface area contributed by atoms with Crippen molar-refractivity contribution in [3.63, 3.8) is 0 Å². The van der Waals surface area contributed by atoms with Gasteiger partial charge in [0.2, 0.25) is 0 Å². The van der Waals surface area contributed by atoms with Crippen molar-refractivity contribution < 1.29 is 14.2 Å². The van der Waals surface area contributed by atoms with E-state index in [1.807, 2.05) is 0 Å². The molecule has 0 atom stereocenters. The molecular weight excluding hydrogens is 249 g/mol. The van der Waals surface area contributed by atoms with E-state index in [1.54, 1.807) is 43.8 Å². The topological polar surface area (TPSA) is 49.2 Å². The number of ether oxygens (including phenoxy) is 1. The van der Waals surface area contributed by atoms with Crippen LogP contribution in [-0.4, -0.2) is 21.9 Å². The number of halogens is 1. The Morgan fingerprint density at radius 3 is 2.84 bits per heavy atom. The van der Waals surface area contributed by atoms with Crippen molar-refractivity contribution in [3.05, 3.63) is 42.7 Å². The van der Waals surface area contributed by atoms with Crippen molar-refractivity contribution in [2.75, 3.05) is 7.11 Å². The summed E-state index contributed by atoms with van der Waals surface area (Å²) in [5, 5.41) is 4.62. The lowest BCUT2D eigenvalue weighted by Crippen LogP contribution is -1.99. The zero-order chi connectivity index (χ0) is 13.2. The molecule has 0 aliphatic rings. The van der Waals surface area contributed by atoms with Crippen LogP contribution >= 0.6 is 0 Å². The molecule has 1 aromatic carbocycles. The van der Waals surface area contributed by atoms with E-state index in [2.05, 4.69) is 15.0 Å². The quantitative estimate of drug-likeness (QED) is 0.725. The number of aromatic nitrogens is 3. The van der Waals surface area contributed by atoms with E-state index in [4.69, 9.17) is 4.74 Å². The van der Waals surface area contributed by atoms with E-state index >= 15 is 0 Å². The lowest BCUT2D eigenvalue weighted by atomic mass is 10.2. The highest BCUT2D eigenvalue weighted by molar-refractivity contribution is 5.87. The number of benzene rings is 1. The zero-order valence-corrected chi connectivity index (χ0v) is 10.1. The molecule has 3 rings (SSSR count). The SMILES string of the molecule is COc1ccc2c(OF)cc(-n3cccn3)nc2c1. The largest absolute Gasteiger partial charge is 0.497 e. The van der Waals surface area contributed by atoms with Gasteiger partial charge < -0.3 is 4.74 Å². The summed E-state index contributed by atoms with van der Waals surface area (Å²) in [7, 11) is 1.56. The van der Waals surface area contributed by atoms with Gasteiger partial charge in [-0.1, -0.05) is 0 Å². The van der Waals surface area contributed by atoms with E-state index in [9.17, 15) is 4.53 Å². The highest BCUT2D eigenvalue weighted by Gasteiger charge is 2.10. The summed E-state index contributed by atoms with van der Waals surface area (Å²) in [6.45, 7) is 0. The third kappa shape index (κ3) is 1.97. The van der Waals surface area contributed by atoms with Gasteiger partial charge in [-0.05, 0) is 18.2 Å². The first-order chi connectivity index (χ1) is 9.31. The minimum atomic E-state index is 0.0955. The maximum absolute atomic E-state index is 12.7. The molecule has 0 spiro atoms. The summed E-state index contributed by atoms with van der Waals surface area (Å²) in [4.78, 5) is 8.33. The van der Waals surface area contributed by atoms with E-state index in [-0.39, 0.29) is 5.75 Å². The fourth-order valence-corrected chi connectivity index (χ4v) is 1.88. The summed E-state index contributed by atoms with van der Waals surface area (Å²) in [6.07, 6.45) is 3.34. The zero-order valence-electron chi connectivity index (χ0n) is 10.1. The first-order valence-electron chi connectivity index (χ1n) is 5.59. The summed E-state index contributed by atoms with van der Waals surface area (Å²) >= 11 is 0. The highest BCUT2D eigenvalue weighted by atomic mass is 19.3. The van der Waals surface area contributed by atoms with Crippen LogP contribution in [0.1, 0.15) is 0 Å². The van der Waals surface area contributed by atoms with E-state index in [0.29, 0.717) is 22.5 Å². The maximum atomic E-state index is 12.7. The van der Waals surface area contributed by atoms with Crippen molar-refractivity contribution in [3.8, 4) is 17.3 Å². The second-order valence-electron chi connectivity index (χ2n) is 3.89. The minimum Gasteiger partial charge on any atom is -0.497 e. The molecule has 0 unspecified atom stereocenters. The Balaban J connectivity index is 2.25. The van der Waals surface area contributed by atoms with Crippen LogP contribution in [0.25, 0.3) is 16.7 Å². The molecule has 96 valence electrons. The average molecular weight is 259 g/mol. The minimum absolute atomic E-state index is 0.0955. The second kappa shape index (κ2) is 4.56. The van der Waals surface area contributed by atoms with Gasteiger partial charge in [0.25, 0.3) is 0 Å². The lowest BCUT2D eigenvalue weighted by molar-refractivity contribution is -0.00431. The van der Waals surface area contributed by atoms with Crippen molar-refractivity contribution >= 4 is 10.9 Å². The Morgan fingerprint density at radius 2 is 2.16 bits per heavy atom. The molecule has 0 radical (unpaired) electrons. The normalized spacial score (nSPS) is 10.6. The third-order valence-corrected chi connectivity index (χ3v) is 2.79. The number of hydrogen-bond acceptors (Lipinski definition) is 4. The molecule has 6 heteroatoms. The first-order valence-corrected chi connectivity index (χ1v) is 5.59. The molecule has 3 aromatic rings. The van der Waals surface area contributed by atoms with Gasteiger partial charge in [0, 0.05) is 34.4 Å². The Hall–Kier alpha value is -2.63. The Morgan fingerprint density at radius 1 is 1.26 bits per heavy atom. The molecule has 0 N–H and O–H groups in total. The van der Waals surface area contributed by atoms with Gasteiger partial charge >= 0.3 is 0 Å². The number of nitrogens with zero attached hydrogens (tertiary/aromatic N) is 3.